The van der Waals surface area contributed by atoms with Gasteiger partial charge in [-0.15, -0.1) is 0 Å². The number of para-hydroxylation sites is 2. The number of benzene rings is 1. The van der Waals surface area contributed by atoms with Gasteiger partial charge in [-0.05, 0) is 38.6 Å². The predicted octanol–water partition coefficient (Wildman–Crippen LogP) is 2.20. The van der Waals surface area contributed by atoms with Crippen molar-refractivity contribution in [2.75, 3.05) is 20.1 Å². The second-order valence-corrected chi connectivity index (χ2v) is 5.61. The maximum absolute atomic E-state index is 4.64. The Hall–Kier alpha value is -1.52. The largest absolute Gasteiger partial charge is 0.310 e. The lowest BCUT2D eigenvalue weighted by molar-refractivity contribution is 0.181. The maximum Gasteiger partial charge on any atom is 0.0890 e. The van der Waals surface area contributed by atoms with Gasteiger partial charge >= 0.3 is 0 Å². The van der Waals surface area contributed by atoms with Gasteiger partial charge in [0.1, 0.15) is 0 Å². The van der Waals surface area contributed by atoms with Gasteiger partial charge in [0.05, 0.1) is 22.9 Å². The second kappa shape index (κ2) is 6.29. The van der Waals surface area contributed by atoms with Crippen LogP contribution in [0.25, 0.3) is 11.0 Å². The Morgan fingerprint density at radius 1 is 1.25 bits per heavy atom. The van der Waals surface area contributed by atoms with Gasteiger partial charge in [-0.3, -0.25) is 4.98 Å². The third-order valence-electron chi connectivity index (χ3n) is 4.11. The lowest BCUT2D eigenvalue weighted by atomic mass is 10.0. The van der Waals surface area contributed by atoms with Crippen molar-refractivity contribution in [3.8, 4) is 0 Å². The maximum atomic E-state index is 4.64. The summed E-state index contributed by atoms with van der Waals surface area (Å²) in [6.07, 6.45) is 5.86. The average Bonchev–Trinajstić information content (AvgIpc) is 2.49. The number of aromatic nitrogens is 2. The number of rotatable bonds is 4. The van der Waals surface area contributed by atoms with E-state index in [0.717, 1.165) is 29.8 Å². The first-order chi connectivity index (χ1) is 9.83. The normalized spacial score (nSPS) is 20.4. The molecule has 0 amide bonds. The van der Waals surface area contributed by atoms with Gasteiger partial charge in [0.2, 0.25) is 0 Å². The van der Waals surface area contributed by atoms with E-state index >= 15 is 0 Å². The first-order valence-corrected chi connectivity index (χ1v) is 7.44. The molecule has 3 rings (SSSR count). The molecule has 1 aliphatic rings. The van der Waals surface area contributed by atoms with E-state index in [1.54, 1.807) is 0 Å². The number of piperidine rings is 1. The van der Waals surface area contributed by atoms with E-state index in [1.165, 1.54) is 25.8 Å². The van der Waals surface area contributed by atoms with Crippen LogP contribution in [-0.2, 0) is 6.54 Å². The van der Waals surface area contributed by atoms with E-state index in [4.69, 9.17) is 0 Å². The zero-order valence-electron chi connectivity index (χ0n) is 12.0. The van der Waals surface area contributed by atoms with Crippen LogP contribution in [0.2, 0.25) is 0 Å². The zero-order valence-corrected chi connectivity index (χ0v) is 12.0. The Morgan fingerprint density at radius 3 is 2.95 bits per heavy atom. The molecule has 1 aromatic heterocycles. The lowest BCUT2D eigenvalue weighted by Crippen LogP contribution is -2.42. The topological polar surface area (TPSA) is 41.0 Å². The minimum Gasteiger partial charge on any atom is -0.310 e. The van der Waals surface area contributed by atoms with Crippen LogP contribution in [0.15, 0.2) is 30.5 Å². The molecule has 2 heterocycles. The van der Waals surface area contributed by atoms with Crippen LogP contribution in [0.1, 0.15) is 25.0 Å². The molecule has 1 saturated heterocycles. The molecule has 1 aromatic carbocycles. The van der Waals surface area contributed by atoms with Crippen molar-refractivity contribution in [1.82, 2.24) is 20.2 Å². The van der Waals surface area contributed by atoms with E-state index in [9.17, 15) is 0 Å². The fourth-order valence-corrected chi connectivity index (χ4v) is 2.85. The van der Waals surface area contributed by atoms with Crippen LogP contribution >= 0.6 is 0 Å². The molecule has 0 saturated carbocycles. The van der Waals surface area contributed by atoms with Gasteiger partial charge < -0.3 is 10.2 Å². The Kier molecular flexibility index (Phi) is 4.23. The number of hydrogen-bond acceptors (Lipinski definition) is 4. The number of fused-ring (bicyclic) bond motifs is 1. The molecule has 20 heavy (non-hydrogen) atoms. The molecule has 0 bridgehead atoms. The molecular weight excluding hydrogens is 248 g/mol. The molecule has 0 aliphatic carbocycles. The molecule has 4 nitrogen and oxygen atoms in total. The highest BCUT2D eigenvalue weighted by atomic mass is 15.2. The number of nitrogens with zero attached hydrogens (tertiary/aromatic N) is 3. The Balaban J connectivity index is 1.56. The summed E-state index contributed by atoms with van der Waals surface area (Å²) in [5.74, 6) is 0. The molecule has 1 atom stereocenters. The molecule has 1 fully saturated rings. The summed E-state index contributed by atoms with van der Waals surface area (Å²) in [6, 6.07) is 8.67. The average molecular weight is 270 g/mol. The summed E-state index contributed by atoms with van der Waals surface area (Å²) in [5.41, 5.74) is 2.95. The molecule has 4 heteroatoms. The Bertz CT molecular complexity index is 569. The third-order valence-corrected chi connectivity index (χ3v) is 4.11. The number of likely N-dealkylation sites (N-methyl/N-ethyl adjacent to an activating group) is 1. The van der Waals surface area contributed by atoms with Crippen molar-refractivity contribution >= 4 is 11.0 Å². The van der Waals surface area contributed by atoms with Crippen molar-refractivity contribution < 1.29 is 0 Å². The smallest absolute Gasteiger partial charge is 0.0890 e. The standard InChI is InChI=1S/C16H22N4/c1-20-9-5-4-6-14(20)12-17-10-13-11-18-15-7-2-3-8-16(15)19-13/h2-3,7-8,11,14,17H,4-6,9-10,12H2,1H3. The van der Waals surface area contributed by atoms with Gasteiger partial charge in [0, 0.05) is 19.1 Å². The number of hydrogen-bond donors (Lipinski definition) is 1. The Morgan fingerprint density at radius 2 is 2.10 bits per heavy atom. The second-order valence-electron chi connectivity index (χ2n) is 5.61. The SMILES string of the molecule is CN1CCCCC1CNCc1cnc2ccccc2n1. The van der Waals surface area contributed by atoms with Crippen LogP contribution in [0.5, 0.6) is 0 Å². The van der Waals surface area contributed by atoms with E-state index in [1.807, 2.05) is 30.5 Å². The summed E-state index contributed by atoms with van der Waals surface area (Å²) in [6.45, 7) is 3.05. The molecule has 0 radical (unpaired) electrons. The summed E-state index contributed by atoms with van der Waals surface area (Å²) in [7, 11) is 2.22. The summed E-state index contributed by atoms with van der Waals surface area (Å²) in [4.78, 5) is 11.5. The summed E-state index contributed by atoms with van der Waals surface area (Å²) in [5, 5.41) is 3.52. The molecule has 1 N–H and O–H groups in total. The van der Waals surface area contributed by atoms with Gasteiger partial charge in [-0.25, -0.2) is 4.98 Å². The molecule has 1 unspecified atom stereocenters. The highest BCUT2D eigenvalue weighted by Crippen LogP contribution is 2.14. The lowest BCUT2D eigenvalue weighted by Gasteiger charge is -2.32. The highest BCUT2D eigenvalue weighted by molar-refractivity contribution is 5.73. The van der Waals surface area contributed by atoms with Gasteiger partial charge in [0.25, 0.3) is 0 Å². The predicted molar refractivity (Wildman–Crippen MR) is 81.5 cm³/mol. The van der Waals surface area contributed by atoms with Gasteiger partial charge in [0.15, 0.2) is 0 Å². The van der Waals surface area contributed by atoms with Crippen molar-refractivity contribution in [3.05, 3.63) is 36.2 Å². The van der Waals surface area contributed by atoms with Gasteiger partial charge in [-0.1, -0.05) is 18.6 Å². The fraction of sp³-hybridized carbons (Fsp3) is 0.500. The molecule has 1 aliphatic heterocycles. The molecule has 2 aromatic rings. The fourth-order valence-electron chi connectivity index (χ4n) is 2.85. The summed E-state index contributed by atoms with van der Waals surface area (Å²) >= 11 is 0. The minimum absolute atomic E-state index is 0.664. The number of nitrogens with one attached hydrogen (secondary N) is 1. The quantitative estimate of drug-likeness (QED) is 0.925. The van der Waals surface area contributed by atoms with Crippen LogP contribution in [-0.4, -0.2) is 41.0 Å². The highest BCUT2D eigenvalue weighted by Gasteiger charge is 2.17. The first-order valence-electron chi connectivity index (χ1n) is 7.44. The Labute approximate surface area is 120 Å². The monoisotopic (exact) mass is 270 g/mol. The molecule has 106 valence electrons. The van der Waals surface area contributed by atoms with Crippen molar-refractivity contribution in [2.24, 2.45) is 0 Å². The van der Waals surface area contributed by atoms with E-state index < -0.39 is 0 Å². The van der Waals surface area contributed by atoms with E-state index in [-0.39, 0.29) is 0 Å². The first kappa shape index (κ1) is 13.5. The van der Waals surface area contributed by atoms with Crippen molar-refractivity contribution in [2.45, 2.75) is 31.8 Å². The van der Waals surface area contributed by atoms with E-state index in [2.05, 4.69) is 27.2 Å². The molecular formula is C16H22N4. The summed E-state index contributed by atoms with van der Waals surface area (Å²) < 4.78 is 0. The van der Waals surface area contributed by atoms with E-state index in [0.29, 0.717) is 6.04 Å². The van der Waals surface area contributed by atoms with Crippen molar-refractivity contribution in [1.29, 1.82) is 0 Å². The number of likely N-dealkylation sites (tertiary alicyclic amines) is 1. The van der Waals surface area contributed by atoms with Crippen LogP contribution < -0.4 is 5.32 Å². The minimum atomic E-state index is 0.664. The van der Waals surface area contributed by atoms with Crippen molar-refractivity contribution in [3.63, 3.8) is 0 Å². The van der Waals surface area contributed by atoms with Crippen LogP contribution in [0.3, 0.4) is 0 Å². The van der Waals surface area contributed by atoms with Gasteiger partial charge in [-0.2, -0.15) is 0 Å². The molecule has 0 spiro atoms. The van der Waals surface area contributed by atoms with Crippen LogP contribution in [0, 0.1) is 0 Å². The third kappa shape index (κ3) is 3.14. The zero-order chi connectivity index (χ0) is 13.8. The van der Waals surface area contributed by atoms with Crippen LogP contribution in [0.4, 0.5) is 0 Å².